The molecule has 0 saturated carbocycles. The van der Waals surface area contributed by atoms with Crippen molar-refractivity contribution in [3.63, 3.8) is 0 Å². The Morgan fingerprint density at radius 3 is 2.37 bits per heavy atom. The lowest BCUT2D eigenvalue weighted by atomic mass is 9.87. The van der Waals surface area contributed by atoms with Gasteiger partial charge in [-0.15, -0.1) is 0 Å². The van der Waals surface area contributed by atoms with Crippen molar-refractivity contribution in [1.82, 2.24) is 14.4 Å². The van der Waals surface area contributed by atoms with E-state index in [1.807, 2.05) is 42.1 Å². The van der Waals surface area contributed by atoms with Crippen LogP contribution in [0.4, 0.5) is 18.0 Å². The molecule has 0 N–H and O–H groups in total. The fourth-order valence-electron chi connectivity index (χ4n) is 4.65. The van der Waals surface area contributed by atoms with Gasteiger partial charge >= 0.3 is 12.3 Å². The largest absolute Gasteiger partial charge is 0.450 e. The molecule has 6 nitrogen and oxygen atoms in total. The van der Waals surface area contributed by atoms with Crippen molar-refractivity contribution < 1.29 is 27.5 Å². The highest BCUT2D eigenvalue weighted by Crippen LogP contribution is 2.37. The number of alkyl halides is 3. The van der Waals surface area contributed by atoms with E-state index in [1.165, 1.54) is 6.07 Å². The molecule has 9 heteroatoms. The lowest BCUT2D eigenvalue weighted by Gasteiger charge is -2.34. The van der Waals surface area contributed by atoms with Gasteiger partial charge in [0.1, 0.15) is 0 Å². The molecule has 0 aliphatic carbocycles. The summed E-state index contributed by atoms with van der Waals surface area (Å²) in [5.41, 5.74) is 1.45. The molecule has 3 aromatic rings. The number of piperazine rings is 1. The summed E-state index contributed by atoms with van der Waals surface area (Å²) in [6.45, 7) is 3.42. The molecule has 2 amide bonds. The molecule has 0 bridgehead atoms. The predicted octanol–water partition coefficient (Wildman–Crippen LogP) is 5.02. The zero-order valence-corrected chi connectivity index (χ0v) is 19.7. The minimum Gasteiger partial charge on any atom is -0.450 e. The first-order chi connectivity index (χ1) is 16.7. The van der Waals surface area contributed by atoms with E-state index < -0.39 is 23.8 Å². The molecule has 1 fully saturated rings. The molecular weight excluding hydrogens is 459 g/mol. The number of hydrogen-bond donors (Lipinski definition) is 0. The second-order valence-corrected chi connectivity index (χ2v) is 8.66. The Morgan fingerprint density at radius 2 is 1.69 bits per heavy atom. The molecule has 1 saturated heterocycles. The van der Waals surface area contributed by atoms with Crippen LogP contribution in [0.1, 0.15) is 36.0 Å². The highest BCUT2D eigenvalue weighted by Gasteiger charge is 2.33. The number of carbonyl (C=O) groups is 2. The van der Waals surface area contributed by atoms with Gasteiger partial charge in [-0.1, -0.05) is 36.4 Å². The highest BCUT2D eigenvalue weighted by molar-refractivity contribution is 5.86. The van der Waals surface area contributed by atoms with E-state index in [9.17, 15) is 22.8 Å². The third kappa shape index (κ3) is 5.28. The molecule has 1 unspecified atom stereocenters. The Morgan fingerprint density at radius 1 is 1.00 bits per heavy atom. The Hall–Kier alpha value is -3.49. The molecule has 2 aromatic carbocycles. The number of benzene rings is 2. The summed E-state index contributed by atoms with van der Waals surface area (Å²) in [6.07, 6.45) is -2.97. The van der Waals surface area contributed by atoms with Crippen molar-refractivity contribution in [2.45, 2.75) is 25.4 Å². The van der Waals surface area contributed by atoms with Gasteiger partial charge in [0, 0.05) is 62.7 Å². The lowest BCUT2D eigenvalue weighted by Crippen LogP contribution is -2.50. The van der Waals surface area contributed by atoms with Crippen molar-refractivity contribution in [2.75, 3.05) is 32.8 Å². The summed E-state index contributed by atoms with van der Waals surface area (Å²) in [5, 5.41) is 0.900. The number of carbonyl (C=O) groups excluding carboxylic acids is 2. The van der Waals surface area contributed by atoms with Crippen LogP contribution in [0, 0.1) is 0 Å². The van der Waals surface area contributed by atoms with E-state index in [0.717, 1.165) is 28.6 Å². The highest BCUT2D eigenvalue weighted by atomic mass is 19.4. The van der Waals surface area contributed by atoms with E-state index in [-0.39, 0.29) is 18.9 Å². The van der Waals surface area contributed by atoms with E-state index in [0.29, 0.717) is 31.7 Å². The number of rotatable bonds is 5. The van der Waals surface area contributed by atoms with Crippen LogP contribution in [0.25, 0.3) is 10.9 Å². The minimum atomic E-state index is -4.48. The number of para-hydroxylation sites is 1. The van der Waals surface area contributed by atoms with Crippen molar-refractivity contribution in [3.05, 3.63) is 71.4 Å². The molecule has 1 aromatic heterocycles. The molecule has 4 rings (SSSR count). The zero-order chi connectivity index (χ0) is 25.2. The monoisotopic (exact) mass is 487 g/mol. The molecule has 0 radical (unpaired) electrons. The second-order valence-electron chi connectivity index (χ2n) is 8.66. The minimum absolute atomic E-state index is 0.0225. The maximum atomic E-state index is 13.5. The van der Waals surface area contributed by atoms with E-state index in [1.54, 1.807) is 22.8 Å². The number of amides is 2. The van der Waals surface area contributed by atoms with Crippen molar-refractivity contribution in [3.8, 4) is 0 Å². The van der Waals surface area contributed by atoms with Crippen LogP contribution < -0.4 is 0 Å². The summed E-state index contributed by atoms with van der Waals surface area (Å²) in [5.74, 6) is -0.720. The molecule has 1 aliphatic heterocycles. The summed E-state index contributed by atoms with van der Waals surface area (Å²) < 4.78 is 47.4. The summed E-state index contributed by atoms with van der Waals surface area (Å²) in [7, 11) is 1.88. The van der Waals surface area contributed by atoms with Gasteiger partial charge in [-0.25, -0.2) is 4.79 Å². The molecule has 0 spiro atoms. The Bertz CT molecular complexity index is 1210. The van der Waals surface area contributed by atoms with E-state index in [2.05, 4.69) is 0 Å². The third-order valence-electron chi connectivity index (χ3n) is 6.46. The van der Waals surface area contributed by atoms with Gasteiger partial charge in [0.2, 0.25) is 5.91 Å². The SMILES string of the molecule is CCOC(=O)N1CCN(C(=O)CC(c2cccc(C(F)(F)F)c2)c2cn(C)c3ccccc23)CC1. The van der Waals surface area contributed by atoms with Crippen LogP contribution in [0.2, 0.25) is 0 Å². The zero-order valence-electron chi connectivity index (χ0n) is 19.7. The Kier molecular flexibility index (Phi) is 7.05. The molecule has 1 atom stereocenters. The van der Waals surface area contributed by atoms with Crippen LogP contribution in [0.15, 0.2) is 54.7 Å². The molecule has 1 aliphatic rings. The molecule has 35 heavy (non-hydrogen) atoms. The maximum Gasteiger partial charge on any atom is 0.416 e. The summed E-state index contributed by atoms with van der Waals surface area (Å²) >= 11 is 0. The van der Waals surface area contributed by atoms with Crippen LogP contribution in [-0.2, 0) is 22.8 Å². The van der Waals surface area contributed by atoms with Crippen LogP contribution in [-0.4, -0.2) is 59.2 Å². The average molecular weight is 488 g/mol. The number of halogens is 3. The molecular formula is C26H28F3N3O3. The van der Waals surface area contributed by atoms with Crippen molar-refractivity contribution in [1.29, 1.82) is 0 Å². The quantitative estimate of drug-likeness (QED) is 0.508. The summed E-state index contributed by atoms with van der Waals surface area (Å²) in [6, 6.07) is 12.9. The van der Waals surface area contributed by atoms with Gasteiger partial charge in [0.05, 0.1) is 12.2 Å². The Balaban J connectivity index is 1.63. The van der Waals surface area contributed by atoms with Gasteiger partial charge in [-0.3, -0.25) is 4.79 Å². The van der Waals surface area contributed by atoms with Crippen LogP contribution in [0.3, 0.4) is 0 Å². The smallest absolute Gasteiger partial charge is 0.416 e. The lowest BCUT2D eigenvalue weighted by molar-refractivity contribution is -0.137. The first-order valence-electron chi connectivity index (χ1n) is 11.6. The maximum absolute atomic E-state index is 13.5. The number of nitrogens with zero attached hydrogens (tertiary/aromatic N) is 3. The average Bonchev–Trinajstić information content (AvgIpc) is 3.18. The fraction of sp³-hybridized carbons (Fsp3) is 0.385. The van der Waals surface area contributed by atoms with Gasteiger partial charge in [-0.2, -0.15) is 13.2 Å². The first kappa shape index (κ1) is 24.6. The van der Waals surface area contributed by atoms with E-state index >= 15 is 0 Å². The fourth-order valence-corrected chi connectivity index (χ4v) is 4.65. The Labute approximate surface area is 201 Å². The summed E-state index contributed by atoms with van der Waals surface area (Å²) in [4.78, 5) is 28.5. The van der Waals surface area contributed by atoms with E-state index in [4.69, 9.17) is 4.74 Å². The molecule has 186 valence electrons. The predicted molar refractivity (Wildman–Crippen MR) is 126 cm³/mol. The number of hydrogen-bond acceptors (Lipinski definition) is 3. The van der Waals surface area contributed by atoms with Crippen LogP contribution >= 0.6 is 0 Å². The van der Waals surface area contributed by atoms with Gasteiger partial charge in [0.15, 0.2) is 0 Å². The number of aromatic nitrogens is 1. The van der Waals surface area contributed by atoms with Crippen LogP contribution in [0.5, 0.6) is 0 Å². The van der Waals surface area contributed by atoms with Gasteiger partial charge in [0.25, 0.3) is 0 Å². The number of aryl methyl sites for hydroxylation is 1. The second kappa shape index (κ2) is 10.0. The van der Waals surface area contributed by atoms with Gasteiger partial charge < -0.3 is 19.1 Å². The number of ether oxygens (including phenoxy) is 1. The topological polar surface area (TPSA) is 54.8 Å². The third-order valence-corrected chi connectivity index (χ3v) is 6.46. The standard InChI is InChI=1S/C26H28F3N3O3/c1-3-35-25(34)32-13-11-31(12-14-32)24(33)16-21(18-7-6-8-19(15-18)26(27,28)29)22-17-30(2)23-10-5-4-9-20(22)23/h4-10,15,17,21H,3,11-14,16H2,1-2H3. The number of fused-ring (bicyclic) bond motifs is 1. The van der Waals surface area contributed by atoms with Crippen molar-refractivity contribution >= 4 is 22.9 Å². The normalized spacial score (nSPS) is 15.3. The van der Waals surface area contributed by atoms with Crippen molar-refractivity contribution in [2.24, 2.45) is 7.05 Å². The first-order valence-corrected chi connectivity index (χ1v) is 11.6. The van der Waals surface area contributed by atoms with Gasteiger partial charge in [-0.05, 0) is 30.2 Å². The molecule has 2 heterocycles.